The van der Waals surface area contributed by atoms with Gasteiger partial charge in [-0.25, -0.2) is 4.79 Å². The van der Waals surface area contributed by atoms with Crippen molar-refractivity contribution in [2.45, 2.75) is 12.8 Å². The van der Waals surface area contributed by atoms with Gasteiger partial charge >= 0.3 is 5.97 Å². The first kappa shape index (κ1) is 13.9. The lowest BCUT2D eigenvalue weighted by molar-refractivity contribution is 0.0589. The van der Waals surface area contributed by atoms with Gasteiger partial charge in [0.2, 0.25) is 0 Å². The number of hydrogen-bond acceptors (Lipinski definition) is 3. The van der Waals surface area contributed by atoms with Crippen molar-refractivity contribution < 1.29 is 14.6 Å². The number of esters is 1. The van der Waals surface area contributed by atoms with Crippen molar-refractivity contribution in [3.63, 3.8) is 0 Å². The van der Waals surface area contributed by atoms with Crippen LogP contribution < -0.4 is 0 Å². The minimum atomic E-state index is -0.372. The van der Waals surface area contributed by atoms with Gasteiger partial charge in [-0.15, -0.1) is 0 Å². The zero-order valence-electron chi connectivity index (χ0n) is 10.9. The molecule has 1 heterocycles. The molecule has 0 radical (unpaired) electrons. The van der Waals surface area contributed by atoms with Crippen molar-refractivity contribution in [2.24, 2.45) is 7.05 Å². The summed E-state index contributed by atoms with van der Waals surface area (Å²) in [5, 5.41) is 10.6. The number of carbonyl (C=O) groups is 1. The second-order valence-corrected chi connectivity index (χ2v) is 4.80. The molecule has 2 aromatic rings. The molecule has 0 saturated heterocycles. The molecule has 19 heavy (non-hydrogen) atoms. The predicted molar refractivity (Wildman–Crippen MR) is 74.7 cm³/mol. The summed E-state index contributed by atoms with van der Waals surface area (Å²) in [5.74, 6) is -0.372. The lowest BCUT2D eigenvalue weighted by atomic mass is 10.1. The molecule has 5 heteroatoms. The molecule has 0 unspecified atom stereocenters. The van der Waals surface area contributed by atoms with E-state index in [1.165, 1.54) is 7.11 Å². The Morgan fingerprint density at radius 3 is 2.84 bits per heavy atom. The number of aryl methyl sites for hydroxylation is 2. The highest BCUT2D eigenvalue weighted by Crippen LogP contribution is 2.29. The SMILES string of the molecule is COC(=O)c1c(CCCO)c2ccc(Cl)cc2n1C. The number of halogens is 1. The normalized spacial score (nSPS) is 10.9. The second kappa shape index (κ2) is 5.63. The highest BCUT2D eigenvalue weighted by molar-refractivity contribution is 6.31. The van der Waals surface area contributed by atoms with E-state index in [4.69, 9.17) is 21.4 Å². The third kappa shape index (κ3) is 2.46. The van der Waals surface area contributed by atoms with Crippen LogP contribution >= 0.6 is 11.6 Å². The van der Waals surface area contributed by atoms with E-state index in [0.717, 1.165) is 16.5 Å². The Balaban J connectivity index is 2.68. The Labute approximate surface area is 116 Å². The molecular weight excluding hydrogens is 266 g/mol. The number of rotatable bonds is 4. The largest absolute Gasteiger partial charge is 0.464 e. The van der Waals surface area contributed by atoms with Crippen molar-refractivity contribution >= 4 is 28.5 Å². The molecule has 1 aromatic heterocycles. The van der Waals surface area contributed by atoms with Gasteiger partial charge in [-0.1, -0.05) is 17.7 Å². The molecule has 0 amide bonds. The van der Waals surface area contributed by atoms with E-state index in [0.29, 0.717) is 23.6 Å². The molecule has 0 aliphatic carbocycles. The number of hydrogen-bond donors (Lipinski definition) is 1. The van der Waals surface area contributed by atoms with Crippen LogP contribution in [0.25, 0.3) is 10.9 Å². The lowest BCUT2D eigenvalue weighted by Gasteiger charge is -2.05. The van der Waals surface area contributed by atoms with Crippen LogP contribution in [0, 0.1) is 0 Å². The summed E-state index contributed by atoms with van der Waals surface area (Å²) < 4.78 is 6.63. The van der Waals surface area contributed by atoms with E-state index in [1.54, 1.807) is 10.6 Å². The quantitative estimate of drug-likeness (QED) is 0.876. The maximum Gasteiger partial charge on any atom is 0.354 e. The first-order valence-electron chi connectivity index (χ1n) is 6.06. The summed E-state index contributed by atoms with van der Waals surface area (Å²) in [7, 11) is 3.18. The number of aromatic nitrogens is 1. The van der Waals surface area contributed by atoms with E-state index in [2.05, 4.69) is 0 Å². The van der Waals surface area contributed by atoms with Gasteiger partial charge in [0.15, 0.2) is 0 Å². The standard InChI is InChI=1S/C14H16ClNO3/c1-16-12-8-9(15)5-6-10(12)11(4-3-7-17)13(16)14(18)19-2/h5-6,8,17H,3-4,7H2,1-2H3. The molecule has 0 aliphatic heterocycles. The second-order valence-electron chi connectivity index (χ2n) is 4.37. The molecule has 102 valence electrons. The van der Waals surface area contributed by atoms with Crippen LogP contribution in [0.5, 0.6) is 0 Å². The Morgan fingerprint density at radius 2 is 2.21 bits per heavy atom. The van der Waals surface area contributed by atoms with Gasteiger partial charge in [-0.3, -0.25) is 0 Å². The van der Waals surface area contributed by atoms with E-state index >= 15 is 0 Å². The van der Waals surface area contributed by atoms with Crippen molar-refractivity contribution in [3.8, 4) is 0 Å². The number of ether oxygens (including phenoxy) is 1. The number of aliphatic hydroxyl groups excluding tert-OH is 1. The minimum absolute atomic E-state index is 0.0879. The third-order valence-electron chi connectivity index (χ3n) is 3.23. The third-order valence-corrected chi connectivity index (χ3v) is 3.47. The molecule has 2 rings (SSSR count). The van der Waals surface area contributed by atoms with E-state index < -0.39 is 0 Å². The van der Waals surface area contributed by atoms with Gasteiger partial charge in [-0.2, -0.15) is 0 Å². The molecule has 0 atom stereocenters. The maximum absolute atomic E-state index is 11.9. The number of fused-ring (bicyclic) bond motifs is 1. The number of nitrogens with zero attached hydrogens (tertiary/aromatic N) is 1. The fourth-order valence-corrected chi connectivity index (χ4v) is 2.52. The summed E-state index contributed by atoms with van der Waals surface area (Å²) in [4.78, 5) is 11.9. The molecule has 1 N–H and O–H groups in total. The Bertz CT molecular complexity index is 619. The van der Waals surface area contributed by atoms with Crippen LogP contribution in [0.1, 0.15) is 22.5 Å². The Kier molecular flexibility index (Phi) is 4.12. The number of aliphatic hydroxyl groups is 1. The average molecular weight is 282 g/mol. The van der Waals surface area contributed by atoms with Gasteiger partial charge in [-0.05, 0) is 30.5 Å². The van der Waals surface area contributed by atoms with Crippen molar-refractivity contribution in [3.05, 3.63) is 34.5 Å². The monoisotopic (exact) mass is 281 g/mol. The van der Waals surface area contributed by atoms with Crippen LogP contribution in [0.2, 0.25) is 5.02 Å². The molecule has 0 saturated carbocycles. The molecular formula is C14H16ClNO3. The molecule has 0 fully saturated rings. The highest BCUT2D eigenvalue weighted by Gasteiger charge is 2.21. The Morgan fingerprint density at radius 1 is 1.47 bits per heavy atom. The topological polar surface area (TPSA) is 51.5 Å². The predicted octanol–water partition coefficient (Wildman–Crippen LogP) is 2.54. The molecule has 0 aliphatic rings. The molecule has 0 spiro atoms. The van der Waals surface area contributed by atoms with Crippen molar-refractivity contribution in [1.29, 1.82) is 0 Å². The maximum atomic E-state index is 11.9. The van der Waals surface area contributed by atoms with Crippen molar-refractivity contribution in [1.82, 2.24) is 4.57 Å². The average Bonchev–Trinajstić information content (AvgIpc) is 2.68. The van der Waals surface area contributed by atoms with E-state index in [9.17, 15) is 4.79 Å². The number of benzene rings is 1. The summed E-state index contributed by atoms with van der Waals surface area (Å²) in [6, 6.07) is 5.52. The van der Waals surface area contributed by atoms with Crippen LogP contribution in [-0.2, 0) is 18.2 Å². The summed E-state index contributed by atoms with van der Waals surface area (Å²) in [6.45, 7) is 0.0879. The minimum Gasteiger partial charge on any atom is -0.464 e. The lowest BCUT2D eigenvalue weighted by Crippen LogP contribution is -2.10. The fourth-order valence-electron chi connectivity index (χ4n) is 2.35. The van der Waals surface area contributed by atoms with E-state index in [-0.39, 0.29) is 12.6 Å². The summed E-state index contributed by atoms with van der Waals surface area (Å²) in [5.41, 5.74) is 2.31. The zero-order chi connectivity index (χ0) is 14.0. The van der Waals surface area contributed by atoms with Crippen molar-refractivity contribution in [2.75, 3.05) is 13.7 Å². The first-order valence-corrected chi connectivity index (χ1v) is 6.44. The van der Waals surface area contributed by atoms with Gasteiger partial charge in [0.1, 0.15) is 5.69 Å². The Hall–Kier alpha value is -1.52. The van der Waals surface area contributed by atoms with Gasteiger partial charge in [0, 0.05) is 24.1 Å². The first-order chi connectivity index (χ1) is 9.10. The molecule has 4 nitrogen and oxygen atoms in total. The summed E-state index contributed by atoms with van der Waals surface area (Å²) >= 11 is 6.00. The summed E-state index contributed by atoms with van der Waals surface area (Å²) in [6.07, 6.45) is 1.23. The van der Waals surface area contributed by atoms with Gasteiger partial charge in [0.05, 0.1) is 12.6 Å². The van der Waals surface area contributed by atoms with E-state index in [1.807, 2.05) is 19.2 Å². The van der Waals surface area contributed by atoms with Crippen LogP contribution in [0.15, 0.2) is 18.2 Å². The van der Waals surface area contributed by atoms with Crippen LogP contribution in [0.3, 0.4) is 0 Å². The number of carbonyl (C=O) groups excluding carboxylic acids is 1. The molecule has 0 bridgehead atoms. The smallest absolute Gasteiger partial charge is 0.354 e. The molecule has 1 aromatic carbocycles. The highest BCUT2D eigenvalue weighted by atomic mass is 35.5. The zero-order valence-corrected chi connectivity index (χ0v) is 11.7. The fraction of sp³-hybridized carbons (Fsp3) is 0.357. The van der Waals surface area contributed by atoms with Gasteiger partial charge < -0.3 is 14.4 Å². The number of methoxy groups -OCH3 is 1. The van der Waals surface area contributed by atoms with Gasteiger partial charge in [0.25, 0.3) is 0 Å². The van der Waals surface area contributed by atoms with Crippen LogP contribution in [0.4, 0.5) is 0 Å². The van der Waals surface area contributed by atoms with Crippen LogP contribution in [-0.4, -0.2) is 29.4 Å².